The van der Waals surface area contributed by atoms with E-state index in [2.05, 4.69) is 0 Å². The minimum absolute atomic E-state index is 0.109. The molecule has 0 fully saturated rings. The van der Waals surface area contributed by atoms with E-state index in [1.54, 1.807) is 0 Å². The molecule has 10 heavy (non-hydrogen) atoms. The monoisotopic (exact) mass is 144 g/mol. The SMILES string of the molecule is CC=C(CO)C(C)CCO. The van der Waals surface area contributed by atoms with E-state index < -0.39 is 0 Å². The van der Waals surface area contributed by atoms with E-state index in [0.717, 1.165) is 12.0 Å². The Bertz CT molecular complexity index is 108. The molecule has 2 N–H and O–H groups in total. The number of hydrogen-bond donors (Lipinski definition) is 2. The zero-order valence-electron chi connectivity index (χ0n) is 6.67. The second-order valence-electron chi connectivity index (χ2n) is 2.44. The fourth-order valence-electron chi connectivity index (χ4n) is 0.911. The van der Waals surface area contributed by atoms with Crippen LogP contribution in [-0.4, -0.2) is 23.4 Å². The van der Waals surface area contributed by atoms with Crippen LogP contribution in [0, 0.1) is 5.92 Å². The first-order valence-electron chi connectivity index (χ1n) is 3.63. The average molecular weight is 144 g/mol. The lowest BCUT2D eigenvalue weighted by atomic mass is 9.99. The van der Waals surface area contributed by atoms with Gasteiger partial charge in [-0.3, -0.25) is 0 Å². The summed E-state index contributed by atoms with van der Waals surface area (Å²) in [6, 6.07) is 0. The van der Waals surface area contributed by atoms with Crippen LogP contribution in [0.2, 0.25) is 0 Å². The van der Waals surface area contributed by atoms with Crippen LogP contribution in [0.3, 0.4) is 0 Å². The Labute approximate surface area is 62.2 Å². The lowest BCUT2D eigenvalue weighted by Crippen LogP contribution is -2.05. The Morgan fingerprint density at radius 3 is 2.40 bits per heavy atom. The fraction of sp³-hybridized carbons (Fsp3) is 0.750. The molecule has 0 aromatic heterocycles. The van der Waals surface area contributed by atoms with Gasteiger partial charge in [0.1, 0.15) is 0 Å². The van der Waals surface area contributed by atoms with Gasteiger partial charge in [-0.25, -0.2) is 0 Å². The first-order chi connectivity index (χ1) is 4.76. The van der Waals surface area contributed by atoms with Crippen LogP contribution in [0.25, 0.3) is 0 Å². The molecule has 0 spiro atoms. The largest absolute Gasteiger partial charge is 0.396 e. The van der Waals surface area contributed by atoms with Crippen LogP contribution in [0.5, 0.6) is 0 Å². The van der Waals surface area contributed by atoms with Crippen LogP contribution in [0.15, 0.2) is 11.6 Å². The lowest BCUT2D eigenvalue weighted by molar-refractivity contribution is 0.258. The summed E-state index contributed by atoms with van der Waals surface area (Å²) in [5, 5.41) is 17.3. The Morgan fingerprint density at radius 1 is 1.50 bits per heavy atom. The summed E-state index contributed by atoms with van der Waals surface area (Å²) in [4.78, 5) is 0. The minimum Gasteiger partial charge on any atom is -0.396 e. The zero-order valence-corrected chi connectivity index (χ0v) is 6.67. The molecule has 60 valence electrons. The third-order valence-corrected chi connectivity index (χ3v) is 1.75. The zero-order chi connectivity index (χ0) is 7.98. The van der Waals surface area contributed by atoms with Crippen molar-refractivity contribution in [2.24, 2.45) is 5.92 Å². The minimum atomic E-state index is 0.109. The van der Waals surface area contributed by atoms with Gasteiger partial charge in [-0.15, -0.1) is 0 Å². The molecule has 1 atom stereocenters. The highest BCUT2D eigenvalue weighted by molar-refractivity contribution is 5.04. The van der Waals surface area contributed by atoms with Crippen molar-refractivity contribution in [1.82, 2.24) is 0 Å². The molecule has 0 amide bonds. The maximum atomic E-state index is 8.77. The van der Waals surface area contributed by atoms with Crippen molar-refractivity contribution >= 4 is 0 Å². The van der Waals surface area contributed by atoms with Crippen LogP contribution in [0.1, 0.15) is 20.3 Å². The van der Waals surface area contributed by atoms with Crippen molar-refractivity contribution in [2.75, 3.05) is 13.2 Å². The Kier molecular flexibility index (Phi) is 5.26. The van der Waals surface area contributed by atoms with Gasteiger partial charge in [0.25, 0.3) is 0 Å². The highest BCUT2D eigenvalue weighted by atomic mass is 16.3. The van der Waals surface area contributed by atoms with Crippen molar-refractivity contribution in [3.63, 3.8) is 0 Å². The molecule has 0 aliphatic rings. The molecule has 2 nitrogen and oxygen atoms in total. The molecule has 0 aromatic carbocycles. The second-order valence-corrected chi connectivity index (χ2v) is 2.44. The van der Waals surface area contributed by atoms with Crippen molar-refractivity contribution in [1.29, 1.82) is 0 Å². The van der Waals surface area contributed by atoms with Crippen molar-refractivity contribution in [2.45, 2.75) is 20.3 Å². The molecule has 0 saturated heterocycles. The van der Waals surface area contributed by atoms with Gasteiger partial charge in [0.05, 0.1) is 6.61 Å². The highest BCUT2D eigenvalue weighted by Gasteiger charge is 2.04. The van der Waals surface area contributed by atoms with Crippen molar-refractivity contribution in [3.05, 3.63) is 11.6 Å². The van der Waals surface area contributed by atoms with E-state index in [1.807, 2.05) is 19.9 Å². The van der Waals surface area contributed by atoms with E-state index in [-0.39, 0.29) is 13.2 Å². The molecule has 1 unspecified atom stereocenters. The smallest absolute Gasteiger partial charge is 0.0644 e. The molecule has 0 aliphatic carbocycles. The topological polar surface area (TPSA) is 40.5 Å². The van der Waals surface area contributed by atoms with E-state index in [9.17, 15) is 0 Å². The Balaban J connectivity index is 3.77. The third-order valence-electron chi connectivity index (χ3n) is 1.75. The van der Waals surface area contributed by atoms with Gasteiger partial charge in [-0.1, -0.05) is 13.0 Å². The van der Waals surface area contributed by atoms with Gasteiger partial charge >= 0.3 is 0 Å². The lowest BCUT2D eigenvalue weighted by Gasteiger charge is -2.10. The van der Waals surface area contributed by atoms with Crippen molar-refractivity contribution < 1.29 is 10.2 Å². The van der Waals surface area contributed by atoms with E-state index in [1.165, 1.54) is 0 Å². The number of rotatable bonds is 4. The molecular formula is C8H16O2. The average Bonchev–Trinajstić information content (AvgIpc) is 1.91. The highest BCUT2D eigenvalue weighted by Crippen LogP contribution is 2.12. The summed E-state index contributed by atoms with van der Waals surface area (Å²) in [5.74, 6) is 0.306. The first kappa shape index (κ1) is 9.66. The van der Waals surface area contributed by atoms with Gasteiger partial charge in [0, 0.05) is 6.61 Å². The first-order valence-corrected chi connectivity index (χ1v) is 3.63. The number of hydrogen-bond acceptors (Lipinski definition) is 2. The van der Waals surface area contributed by atoms with Crippen molar-refractivity contribution in [3.8, 4) is 0 Å². The fourth-order valence-corrected chi connectivity index (χ4v) is 0.911. The number of aliphatic hydroxyl groups is 2. The van der Waals surface area contributed by atoms with Gasteiger partial charge in [0.2, 0.25) is 0 Å². The molecular weight excluding hydrogens is 128 g/mol. The summed E-state index contributed by atoms with van der Waals surface area (Å²) in [6.45, 7) is 4.21. The summed E-state index contributed by atoms with van der Waals surface area (Å²) in [6.07, 6.45) is 2.64. The van der Waals surface area contributed by atoms with Crippen LogP contribution in [0.4, 0.5) is 0 Å². The third kappa shape index (κ3) is 2.99. The summed E-state index contributed by atoms with van der Waals surface area (Å²) < 4.78 is 0. The predicted octanol–water partition coefficient (Wildman–Crippen LogP) is 0.944. The summed E-state index contributed by atoms with van der Waals surface area (Å²) in [5.41, 5.74) is 1.01. The normalized spacial score (nSPS) is 15.4. The number of allylic oxidation sites excluding steroid dienone is 1. The molecule has 0 bridgehead atoms. The Morgan fingerprint density at radius 2 is 2.10 bits per heavy atom. The molecule has 0 heterocycles. The van der Waals surface area contributed by atoms with Crippen LogP contribution < -0.4 is 0 Å². The van der Waals surface area contributed by atoms with Gasteiger partial charge in [-0.2, -0.15) is 0 Å². The molecule has 0 saturated carbocycles. The predicted molar refractivity (Wildman–Crippen MR) is 41.7 cm³/mol. The summed E-state index contributed by atoms with van der Waals surface area (Å²) >= 11 is 0. The summed E-state index contributed by atoms with van der Waals surface area (Å²) in [7, 11) is 0. The molecule has 2 heteroatoms. The second kappa shape index (κ2) is 5.45. The van der Waals surface area contributed by atoms with Gasteiger partial charge < -0.3 is 10.2 Å². The van der Waals surface area contributed by atoms with E-state index >= 15 is 0 Å². The van der Waals surface area contributed by atoms with E-state index in [4.69, 9.17) is 10.2 Å². The maximum Gasteiger partial charge on any atom is 0.0644 e. The molecule has 0 radical (unpaired) electrons. The standard InChI is InChI=1S/C8H16O2/c1-3-8(6-10)7(2)4-5-9/h3,7,9-10H,4-6H2,1-2H3. The molecule has 0 rings (SSSR count). The van der Waals surface area contributed by atoms with E-state index in [0.29, 0.717) is 5.92 Å². The Hall–Kier alpha value is -0.340. The van der Waals surface area contributed by atoms with Gasteiger partial charge in [-0.05, 0) is 24.8 Å². The quantitative estimate of drug-likeness (QED) is 0.576. The molecule has 0 aromatic rings. The van der Waals surface area contributed by atoms with Gasteiger partial charge in [0.15, 0.2) is 0 Å². The number of aliphatic hydroxyl groups excluding tert-OH is 2. The molecule has 0 aliphatic heterocycles. The van der Waals surface area contributed by atoms with Crippen LogP contribution in [-0.2, 0) is 0 Å². The van der Waals surface area contributed by atoms with Crippen LogP contribution >= 0.6 is 0 Å². The maximum absolute atomic E-state index is 8.77.